The van der Waals surface area contributed by atoms with E-state index in [1.54, 1.807) is 12.1 Å². The SMILES string of the molecule is N#CCc1nc(Cc2ccc(F)cc2)n2c1CCCC2. The minimum Gasteiger partial charge on any atom is -0.331 e. The van der Waals surface area contributed by atoms with Gasteiger partial charge in [0.1, 0.15) is 11.6 Å². The summed E-state index contributed by atoms with van der Waals surface area (Å²) in [5, 5.41) is 8.91. The van der Waals surface area contributed by atoms with Crippen LogP contribution in [0, 0.1) is 17.1 Å². The normalized spacial score (nSPS) is 13.8. The van der Waals surface area contributed by atoms with Gasteiger partial charge in [-0.15, -0.1) is 0 Å². The van der Waals surface area contributed by atoms with E-state index in [1.807, 2.05) is 0 Å². The van der Waals surface area contributed by atoms with E-state index in [0.717, 1.165) is 36.5 Å². The van der Waals surface area contributed by atoms with E-state index in [-0.39, 0.29) is 5.82 Å². The molecular weight excluding hydrogens is 253 g/mol. The largest absolute Gasteiger partial charge is 0.331 e. The summed E-state index contributed by atoms with van der Waals surface area (Å²) in [4.78, 5) is 4.65. The first kappa shape index (κ1) is 12.9. The third kappa shape index (κ3) is 2.44. The third-order valence-corrected chi connectivity index (χ3v) is 3.80. The van der Waals surface area contributed by atoms with E-state index < -0.39 is 0 Å². The van der Waals surface area contributed by atoms with Crippen LogP contribution in [0.4, 0.5) is 4.39 Å². The van der Waals surface area contributed by atoms with Crippen LogP contribution in [0.25, 0.3) is 0 Å². The molecule has 0 radical (unpaired) electrons. The van der Waals surface area contributed by atoms with Gasteiger partial charge in [-0.3, -0.25) is 0 Å². The molecule has 102 valence electrons. The van der Waals surface area contributed by atoms with Crippen molar-refractivity contribution in [3.05, 3.63) is 52.9 Å². The molecule has 2 heterocycles. The molecule has 0 N–H and O–H groups in total. The van der Waals surface area contributed by atoms with Crippen LogP contribution >= 0.6 is 0 Å². The highest BCUT2D eigenvalue weighted by atomic mass is 19.1. The number of fused-ring (bicyclic) bond motifs is 1. The second-order valence-electron chi connectivity index (χ2n) is 5.17. The second kappa shape index (κ2) is 5.46. The molecule has 3 nitrogen and oxygen atoms in total. The zero-order valence-electron chi connectivity index (χ0n) is 11.3. The molecule has 0 amide bonds. The van der Waals surface area contributed by atoms with E-state index in [1.165, 1.54) is 24.2 Å². The molecule has 0 atom stereocenters. The summed E-state index contributed by atoms with van der Waals surface area (Å²) < 4.78 is 15.2. The second-order valence-corrected chi connectivity index (χ2v) is 5.17. The molecule has 0 unspecified atom stereocenters. The van der Waals surface area contributed by atoms with Crippen molar-refractivity contribution in [3.8, 4) is 6.07 Å². The maximum atomic E-state index is 12.9. The van der Waals surface area contributed by atoms with Crippen LogP contribution in [0.2, 0.25) is 0 Å². The summed E-state index contributed by atoms with van der Waals surface area (Å²) in [6.07, 6.45) is 4.40. The monoisotopic (exact) mass is 269 g/mol. The number of nitrogens with zero attached hydrogens (tertiary/aromatic N) is 3. The molecule has 1 aliphatic heterocycles. The predicted octanol–water partition coefficient (Wildman–Crippen LogP) is 3.02. The van der Waals surface area contributed by atoms with Crippen molar-refractivity contribution in [1.82, 2.24) is 9.55 Å². The zero-order chi connectivity index (χ0) is 13.9. The fourth-order valence-electron chi connectivity index (χ4n) is 2.83. The highest BCUT2D eigenvalue weighted by Gasteiger charge is 2.19. The molecule has 20 heavy (non-hydrogen) atoms. The number of hydrogen-bond donors (Lipinski definition) is 0. The molecule has 0 spiro atoms. The average Bonchev–Trinajstić information content (AvgIpc) is 2.81. The van der Waals surface area contributed by atoms with Crippen molar-refractivity contribution in [2.75, 3.05) is 0 Å². The number of nitriles is 1. The molecule has 3 rings (SSSR count). The van der Waals surface area contributed by atoms with Crippen LogP contribution in [0.3, 0.4) is 0 Å². The topological polar surface area (TPSA) is 41.6 Å². The molecule has 0 bridgehead atoms. The van der Waals surface area contributed by atoms with Gasteiger partial charge in [0, 0.05) is 18.7 Å². The van der Waals surface area contributed by atoms with Crippen molar-refractivity contribution < 1.29 is 4.39 Å². The zero-order valence-corrected chi connectivity index (χ0v) is 11.3. The summed E-state index contributed by atoms with van der Waals surface area (Å²) in [5.41, 5.74) is 3.19. The summed E-state index contributed by atoms with van der Waals surface area (Å²) in [6.45, 7) is 0.976. The fourth-order valence-corrected chi connectivity index (χ4v) is 2.83. The van der Waals surface area contributed by atoms with Gasteiger partial charge >= 0.3 is 0 Å². The molecule has 2 aromatic rings. The lowest BCUT2D eigenvalue weighted by atomic mass is 10.1. The van der Waals surface area contributed by atoms with Gasteiger partial charge in [0.25, 0.3) is 0 Å². The Morgan fingerprint density at radius 2 is 2.05 bits per heavy atom. The highest BCUT2D eigenvalue weighted by Crippen LogP contribution is 2.23. The van der Waals surface area contributed by atoms with Gasteiger partial charge in [0.2, 0.25) is 0 Å². The number of hydrogen-bond acceptors (Lipinski definition) is 2. The summed E-state index contributed by atoms with van der Waals surface area (Å²) in [7, 11) is 0. The first-order valence-corrected chi connectivity index (χ1v) is 6.96. The Hall–Kier alpha value is -2.15. The average molecular weight is 269 g/mol. The smallest absolute Gasteiger partial charge is 0.123 e. The van der Waals surface area contributed by atoms with E-state index >= 15 is 0 Å². The lowest BCUT2D eigenvalue weighted by Crippen LogP contribution is -2.13. The first-order chi connectivity index (χ1) is 9.78. The van der Waals surface area contributed by atoms with Crippen molar-refractivity contribution in [1.29, 1.82) is 5.26 Å². The molecule has 1 aromatic carbocycles. The van der Waals surface area contributed by atoms with Gasteiger partial charge in [-0.25, -0.2) is 9.37 Å². The molecule has 1 aromatic heterocycles. The minimum atomic E-state index is -0.218. The van der Waals surface area contributed by atoms with Crippen LogP contribution in [-0.4, -0.2) is 9.55 Å². The van der Waals surface area contributed by atoms with Gasteiger partial charge in [-0.05, 0) is 37.0 Å². The quantitative estimate of drug-likeness (QED) is 0.859. The lowest BCUT2D eigenvalue weighted by Gasteiger charge is -2.17. The molecule has 1 aliphatic rings. The Balaban J connectivity index is 1.93. The van der Waals surface area contributed by atoms with E-state index in [4.69, 9.17) is 5.26 Å². The Labute approximate surface area is 117 Å². The summed E-state index contributed by atoms with van der Waals surface area (Å²) >= 11 is 0. The fraction of sp³-hybridized carbons (Fsp3) is 0.375. The first-order valence-electron chi connectivity index (χ1n) is 6.96. The van der Waals surface area contributed by atoms with Crippen LogP contribution in [-0.2, 0) is 25.8 Å². The van der Waals surface area contributed by atoms with Crippen molar-refractivity contribution >= 4 is 0 Å². The molecule has 0 saturated carbocycles. The Morgan fingerprint density at radius 3 is 2.80 bits per heavy atom. The van der Waals surface area contributed by atoms with Gasteiger partial charge in [0.05, 0.1) is 18.2 Å². The van der Waals surface area contributed by atoms with Crippen LogP contribution in [0.5, 0.6) is 0 Å². The highest BCUT2D eigenvalue weighted by molar-refractivity contribution is 5.26. The number of rotatable bonds is 3. The minimum absolute atomic E-state index is 0.218. The van der Waals surface area contributed by atoms with Gasteiger partial charge < -0.3 is 4.57 Å². The summed E-state index contributed by atoms with van der Waals surface area (Å²) in [6, 6.07) is 8.74. The number of imidazole rings is 1. The van der Waals surface area contributed by atoms with Gasteiger partial charge in [0.15, 0.2) is 0 Å². The Kier molecular flexibility index (Phi) is 3.51. The van der Waals surface area contributed by atoms with Gasteiger partial charge in [-0.2, -0.15) is 5.26 Å². The van der Waals surface area contributed by atoms with E-state index in [9.17, 15) is 4.39 Å². The van der Waals surface area contributed by atoms with Crippen molar-refractivity contribution in [2.45, 2.75) is 38.6 Å². The third-order valence-electron chi connectivity index (χ3n) is 3.80. The van der Waals surface area contributed by atoms with Crippen LogP contribution in [0.15, 0.2) is 24.3 Å². The lowest BCUT2D eigenvalue weighted by molar-refractivity contribution is 0.516. The standard InChI is InChI=1S/C16H16FN3/c17-13-6-4-12(5-7-13)11-16-19-14(8-9-18)15-3-1-2-10-20(15)16/h4-7H,1-3,8,10-11H2. The molecular formula is C16H16FN3. The number of aromatic nitrogens is 2. The number of halogens is 1. The van der Waals surface area contributed by atoms with Crippen molar-refractivity contribution in [3.63, 3.8) is 0 Å². The molecule has 4 heteroatoms. The number of benzene rings is 1. The van der Waals surface area contributed by atoms with E-state index in [0.29, 0.717) is 12.8 Å². The van der Waals surface area contributed by atoms with Gasteiger partial charge in [-0.1, -0.05) is 12.1 Å². The molecule has 0 saturated heterocycles. The van der Waals surface area contributed by atoms with Crippen LogP contribution in [0.1, 0.15) is 35.6 Å². The maximum absolute atomic E-state index is 12.9. The van der Waals surface area contributed by atoms with Crippen molar-refractivity contribution in [2.24, 2.45) is 0 Å². The maximum Gasteiger partial charge on any atom is 0.123 e. The van der Waals surface area contributed by atoms with E-state index in [2.05, 4.69) is 15.6 Å². The Morgan fingerprint density at radius 1 is 1.25 bits per heavy atom. The molecule has 0 aliphatic carbocycles. The predicted molar refractivity (Wildman–Crippen MR) is 73.7 cm³/mol. The molecule has 0 fully saturated rings. The van der Waals surface area contributed by atoms with Crippen LogP contribution < -0.4 is 0 Å². The summed E-state index contributed by atoms with van der Waals surface area (Å²) in [5.74, 6) is 0.778. The Bertz CT molecular complexity index is 650.